The van der Waals surface area contributed by atoms with Crippen molar-refractivity contribution < 1.29 is 9.63 Å². The summed E-state index contributed by atoms with van der Waals surface area (Å²) < 4.78 is 4.91. The molecule has 1 atom stereocenters. The largest absolute Gasteiger partial charge is 0.388 e. The van der Waals surface area contributed by atoms with Crippen LogP contribution in [0.2, 0.25) is 0 Å². The molecule has 0 aliphatic carbocycles. The van der Waals surface area contributed by atoms with Crippen molar-refractivity contribution in [2.75, 3.05) is 6.54 Å². The van der Waals surface area contributed by atoms with Crippen LogP contribution in [0.1, 0.15) is 29.5 Å². The fraction of sp³-hybridized carbons (Fsp3) is 0.625. The molecule has 0 saturated heterocycles. The minimum absolute atomic E-state index is 0.464. The van der Waals surface area contributed by atoms with Crippen LogP contribution < -0.4 is 5.73 Å². The fourth-order valence-electron chi connectivity index (χ4n) is 1.27. The monoisotopic (exact) mass is 170 g/mol. The Kier molecular flexibility index (Phi) is 2.83. The third-order valence-electron chi connectivity index (χ3n) is 1.86. The van der Waals surface area contributed by atoms with Crippen molar-refractivity contribution >= 4 is 0 Å². The summed E-state index contributed by atoms with van der Waals surface area (Å²) in [6, 6.07) is 0. The summed E-state index contributed by atoms with van der Waals surface area (Å²) in [5.41, 5.74) is 6.85. The lowest BCUT2D eigenvalue weighted by atomic mass is 10.1. The number of nitrogens with two attached hydrogens (primary N) is 1. The summed E-state index contributed by atoms with van der Waals surface area (Å²) in [6.07, 6.45) is 0.00403. The lowest BCUT2D eigenvalue weighted by molar-refractivity contribution is 0.167. The lowest BCUT2D eigenvalue weighted by Gasteiger charge is -2.07. The zero-order valence-corrected chi connectivity index (χ0v) is 7.37. The first-order chi connectivity index (χ1) is 5.66. The van der Waals surface area contributed by atoms with E-state index < -0.39 is 6.10 Å². The van der Waals surface area contributed by atoms with Crippen LogP contribution >= 0.6 is 0 Å². The SMILES string of the molecule is Cc1noc(C)c1C(O)CCN. The van der Waals surface area contributed by atoms with Gasteiger partial charge in [0.2, 0.25) is 0 Å². The van der Waals surface area contributed by atoms with Gasteiger partial charge in [0, 0.05) is 5.56 Å². The van der Waals surface area contributed by atoms with Gasteiger partial charge in [-0.3, -0.25) is 0 Å². The summed E-state index contributed by atoms with van der Waals surface area (Å²) in [4.78, 5) is 0. The van der Waals surface area contributed by atoms with E-state index in [9.17, 15) is 5.11 Å². The molecular weight excluding hydrogens is 156 g/mol. The van der Waals surface area contributed by atoms with Crippen molar-refractivity contribution in [2.45, 2.75) is 26.4 Å². The third-order valence-corrected chi connectivity index (χ3v) is 1.86. The van der Waals surface area contributed by atoms with E-state index in [1.54, 1.807) is 6.92 Å². The molecule has 0 fully saturated rings. The van der Waals surface area contributed by atoms with Crippen LogP contribution in [0.5, 0.6) is 0 Å². The minimum Gasteiger partial charge on any atom is -0.388 e. The first-order valence-electron chi connectivity index (χ1n) is 3.97. The minimum atomic E-state index is -0.541. The van der Waals surface area contributed by atoms with Gasteiger partial charge in [-0.2, -0.15) is 0 Å². The highest BCUT2D eigenvalue weighted by Gasteiger charge is 2.16. The Balaban J connectivity index is 2.85. The van der Waals surface area contributed by atoms with Crippen LogP contribution in [0.4, 0.5) is 0 Å². The van der Waals surface area contributed by atoms with Crippen LogP contribution in [0.3, 0.4) is 0 Å². The van der Waals surface area contributed by atoms with Crippen LogP contribution in [-0.4, -0.2) is 16.8 Å². The van der Waals surface area contributed by atoms with E-state index in [4.69, 9.17) is 10.3 Å². The van der Waals surface area contributed by atoms with Gasteiger partial charge in [0.1, 0.15) is 5.76 Å². The number of hydrogen-bond donors (Lipinski definition) is 2. The van der Waals surface area contributed by atoms with Gasteiger partial charge in [-0.25, -0.2) is 0 Å². The predicted molar refractivity (Wildman–Crippen MR) is 44.6 cm³/mol. The van der Waals surface area contributed by atoms with Crippen LogP contribution in [0.15, 0.2) is 4.52 Å². The van der Waals surface area contributed by atoms with E-state index in [0.717, 1.165) is 11.3 Å². The normalized spacial score (nSPS) is 13.3. The molecule has 0 spiro atoms. The molecule has 1 aromatic rings. The van der Waals surface area contributed by atoms with Gasteiger partial charge in [0.15, 0.2) is 0 Å². The quantitative estimate of drug-likeness (QED) is 0.699. The summed E-state index contributed by atoms with van der Waals surface area (Å²) in [5, 5.41) is 13.3. The van der Waals surface area contributed by atoms with Gasteiger partial charge in [-0.15, -0.1) is 0 Å². The van der Waals surface area contributed by atoms with Gasteiger partial charge >= 0.3 is 0 Å². The average molecular weight is 170 g/mol. The Hall–Kier alpha value is -0.870. The molecule has 1 unspecified atom stereocenters. The molecule has 1 rings (SSSR count). The highest BCUT2D eigenvalue weighted by atomic mass is 16.5. The number of rotatable bonds is 3. The maximum Gasteiger partial charge on any atom is 0.139 e. The molecule has 12 heavy (non-hydrogen) atoms. The van der Waals surface area contributed by atoms with E-state index in [1.165, 1.54) is 0 Å². The maximum atomic E-state index is 9.59. The highest BCUT2D eigenvalue weighted by Crippen LogP contribution is 2.22. The molecule has 4 nitrogen and oxygen atoms in total. The number of hydrogen-bond acceptors (Lipinski definition) is 4. The molecular formula is C8H14N2O2. The lowest BCUT2D eigenvalue weighted by Crippen LogP contribution is -2.07. The van der Waals surface area contributed by atoms with Gasteiger partial charge in [0.25, 0.3) is 0 Å². The van der Waals surface area contributed by atoms with E-state index in [2.05, 4.69) is 5.16 Å². The number of aryl methyl sites for hydroxylation is 2. The van der Waals surface area contributed by atoms with Crippen LogP contribution in [0.25, 0.3) is 0 Å². The predicted octanol–water partition coefficient (Wildman–Crippen LogP) is 0.674. The Morgan fingerprint density at radius 2 is 2.25 bits per heavy atom. The topological polar surface area (TPSA) is 72.3 Å². The number of nitrogens with zero attached hydrogens (tertiary/aromatic N) is 1. The standard InChI is InChI=1S/C8H14N2O2/c1-5-8(6(2)12-10-5)7(11)3-4-9/h7,11H,3-4,9H2,1-2H3. The second-order valence-electron chi connectivity index (χ2n) is 2.83. The van der Waals surface area contributed by atoms with E-state index in [1.807, 2.05) is 6.92 Å². The van der Waals surface area contributed by atoms with Crippen molar-refractivity contribution in [1.29, 1.82) is 0 Å². The Bertz CT molecular complexity index is 238. The van der Waals surface area contributed by atoms with Crippen molar-refractivity contribution in [1.82, 2.24) is 5.16 Å². The summed E-state index contributed by atoms with van der Waals surface area (Å²) in [7, 11) is 0. The van der Waals surface area contributed by atoms with Crippen molar-refractivity contribution in [3.05, 3.63) is 17.0 Å². The zero-order valence-electron chi connectivity index (χ0n) is 7.37. The Morgan fingerprint density at radius 3 is 2.67 bits per heavy atom. The molecule has 68 valence electrons. The fourth-order valence-corrected chi connectivity index (χ4v) is 1.27. The third kappa shape index (κ3) is 1.65. The summed E-state index contributed by atoms with van der Waals surface area (Å²) in [5.74, 6) is 0.674. The molecule has 0 aliphatic heterocycles. The maximum absolute atomic E-state index is 9.59. The summed E-state index contributed by atoms with van der Waals surface area (Å²) >= 11 is 0. The number of aromatic nitrogens is 1. The smallest absolute Gasteiger partial charge is 0.139 e. The van der Waals surface area contributed by atoms with Crippen molar-refractivity contribution in [3.8, 4) is 0 Å². The molecule has 3 N–H and O–H groups in total. The first kappa shape index (κ1) is 9.22. The molecule has 0 aliphatic rings. The first-order valence-corrected chi connectivity index (χ1v) is 3.97. The van der Waals surface area contributed by atoms with Gasteiger partial charge < -0.3 is 15.4 Å². The second-order valence-corrected chi connectivity index (χ2v) is 2.83. The van der Waals surface area contributed by atoms with Crippen LogP contribution in [0, 0.1) is 13.8 Å². The molecule has 0 saturated carbocycles. The van der Waals surface area contributed by atoms with E-state index >= 15 is 0 Å². The Morgan fingerprint density at radius 1 is 1.58 bits per heavy atom. The van der Waals surface area contributed by atoms with E-state index in [-0.39, 0.29) is 0 Å². The highest BCUT2D eigenvalue weighted by molar-refractivity contribution is 5.23. The number of aliphatic hydroxyl groups is 1. The summed E-state index contributed by atoms with van der Waals surface area (Å²) in [6.45, 7) is 4.06. The molecule has 0 aromatic carbocycles. The molecule has 0 radical (unpaired) electrons. The Labute approximate surface area is 71.4 Å². The zero-order chi connectivity index (χ0) is 9.14. The van der Waals surface area contributed by atoms with Crippen LogP contribution in [-0.2, 0) is 0 Å². The molecule has 4 heteroatoms. The van der Waals surface area contributed by atoms with Crippen molar-refractivity contribution in [2.24, 2.45) is 5.73 Å². The van der Waals surface area contributed by atoms with Crippen molar-refractivity contribution in [3.63, 3.8) is 0 Å². The molecule has 1 heterocycles. The molecule has 0 bridgehead atoms. The molecule has 1 aromatic heterocycles. The molecule has 0 amide bonds. The van der Waals surface area contributed by atoms with E-state index in [0.29, 0.717) is 18.7 Å². The van der Waals surface area contributed by atoms with Gasteiger partial charge in [-0.05, 0) is 26.8 Å². The van der Waals surface area contributed by atoms with Gasteiger partial charge in [0.05, 0.1) is 11.8 Å². The number of aliphatic hydroxyl groups excluding tert-OH is 1. The van der Waals surface area contributed by atoms with Gasteiger partial charge in [-0.1, -0.05) is 5.16 Å². The average Bonchev–Trinajstić information content (AvgIpc) is 2.32. The second kappa shape index (κ2) is 3.69.